The first kappa shape index (κ1) is 14.0. The second kappa shape index (κ2) is 5.75. The maximum atomic E-state index is 5.51. The summed E-state index contributed by atoms with van der Waals surface area (Å²) in [7, 11) is 1.81. The van der Waals surface area contributed by atoms with Crippen molar-refractivity contribution in [3.8, 4) is 0 Å². The molecular weight excluding hydrogens is 172 g/mol. The average molecular weight is 200 g/mol. The Morgan fingerprint density at radius 1 is 1.00 bits per heavy atom. The molecule has 0 aliphatic heterocycles. The van der Waals surface area contributed by atoms with E-state index in [1.54, 1.807) is 0 Å². The molecule has 0 saturated heterocycles. The number of methoxy groups -OCH3 is 1. The van der Waals surface area contributed by atoms with Gasteiger partial charge in [0.25, 0.3) is 0 Å². The Morgan fingerprint density at radius 3 is 1.86 bits per heavy atom. The summed E-state index contributed by atoms with van der Waals surface area (Å²) < 4.78 is 5.51. The van der Waals surface area contributed by atoms with Gasteiger partial charge in [-0.3, -0.25) is 0 Å². The van der Waals surface area contributed by atoms with Gasteiger partial charge in [0.15, 0.2) is 0 Å². The minimum absolute atomic E-state index is 0.0191. The summed E-state index contributed by atoms with van der Waals surface area (Å²) >= 11 is 0. The Bertz CT molecular complexity index is 149. The summed E-state index contributed by atoms with van der Waals surface area (Å²) in [6, 6.07) is 0. The predicted molar refractivity (Wildman–Crippen MR) is 63.5 cm³/mol. The van der Waals surface area contributed by atoms with Gasteiger partial charge in [-0.25, -0.2) is 0 Å². The van der Waals surface area contributed by atoms with E-state index in [9.17, 15) is 0 Å². The van der Waals surface area contributed by atoms with E-state index < -0.39 is 0 Å². The van der Waals surface area contributed by atoms with Crippen molar-refractivity contribution in [1.29, 1.82) is 0 Å². The largest absolute Gasteiger partial charge is 0.379 e. The summed E-state index contributed by atoms with van der Waals surface area (Å²) in [6.07, 6.45) is 2.59. The van der Waals surface area contributed by atoms with Gasteiger partial charge >= 0.3 is 0 Å². The Morgan fingerprint density at radius 2 is 1.50 bits per heavy atom. The van der Waals surface area contributed by atoms with Crippen molar-refractivity contribution in [2.45, 2.75) is 60.0 Å². The fraction of sp³-hybridized carbons (Fsp3) is 1.00. The van der Waals surface area contributed by atoms with Crippen molar-refractivity contribution < 1.29 is 4.74 Å². The minimum Gasteiger partial charge on any atom is -0.379 e. The topological polar surface area (TPSA) is 9.23 Å². The van der Waals surface area contributed by atoms with Crippen LogP contribution < -0.4 is 0 Å². The molecule has 0 N–H and O–H groups in total. The van der Waals surface area contributed by atoms with Gasteiger partial charge in [-0.05, 0) is 44.4 Å². The smallest absolute Gasteiger partial charge is 0.0648 e. The van der Waals surface area contributed by atoms with Crippen molar-refractivity contribution in [2.75, 3.05) is 7.11 Å². The molecule has 0 bridgehead atoms. The van der Waals surface area contributed by atoms with E-state index in [0.29, 0.717) is 5.92 Å². The summed E-state index contributed by atoms with van der Waals surface area (Å²) in [5.74, 6) is 2.24. The zero-order valence-corrected chi connectivity index (χ0v) is 11.1. The van der Waals surface area contributed by atoms with Crippen LogP contribution in [0.2, 0.25) is 0 Å². The van der Waals surface area contributed by atoms with Gasteiger partial charge in [-0.1, -0.05) is 27.7 Å². The van der Waals surface area contributed by atoms with Gasteiger partial charge in [0.05, 0.1) is 5.60 Å². The Balaban J connectivity index is 3.99. The highest BCUT2D eigenvalue weighted by molar-refractivity contribution is 4.77. The lowest BCUT2D eigenvalue weighted by atomic mass is 9.82. The van der Waals surface area contributed by atoms with Gasteiger partial charge in [0, 0.05) is 7.11 Å². The molecule has 0 aromatic rings. The van der Waals surface area contributed by atoms with Crippen molar-refractivity contribution >= 4 is 0 Å². The molecule has 0 aromatic heterocycles. The van der Waals surface area contributed by atoms with Crippen LogP contribution >= 0.6 is 0 Å². The van der Waals surface area contributed by atoms with E-state index in [4.69, 9.17) is 4.74 Å². The maximum Gasteiger partial charge on any atom is 0.0648 e. The quantitative estimate of drug-likeness (QED) is 0.626. The molecule has 1 heteroatoms. The molecule has 14 heavy (non-hydrogen) atoms. The molecular formula is C13H28O. The van der Waals surface area contributed by atoms with E-state index in [1.807, 2.05) is 7.11 Å². The third-order valence-electron chi connectivity index (χ3n) is 3.34. The summed E-state index contributed by atoms with van der Waals surface area (Å²) in [6.45, 7) is 13.6. The molecule has 0 heterocycles. The van der Waals surface area contributed by atoms with Gasteiger partial charge in [-0.2, -0.15) is 0 Å². The summed E-state index contributed by atoms with van der Waals surface area (Å²) in [5.41, 5.74) is 0.0191. The average Bonchev–Trinajstić information content (AvgIpc) is 2.02. The zero-order chi connectivity index (χ0) is 11.4. The zero-order valence-electron chi connectivity index (χ0n) is 11.1. The third kappa shape index (κ3) is 4.99. The number of rotatable bonds is 6. The van der Waals surface area contributed by atoms with Crippen LogP contribution in [0.15, 0.2) is 0 Å². The van der Waals surface area contributed by atoms with Crippen LogP contribution in [0.1, 0.15) is 54.4 Å². The maximum absolute atomic E-state index is 5.51. The van der Waals surface area contributed by atoms with Gasteiger partial charge in [-0.15, -0.1) is 0 Å². The standard InChI is InChI=1S/C13H28O/c1-10(2)8-11(3)9-12(4)13(5,6)14-7/h10-12H,8-9H2,1-7H3. The van der Waals surface area contributed by atoms with Crippen molar-refractivity contribution in [2.24, 2.45) is 17.8 Å². The van der Waals surface area contributed by atoms with Gasteiger partial charge in [0.1, 0.15) is 0 Å². The fourth-order valence-corrected chi connectivity index (χ4v) is 1.99. The first-order valence-corrected chi connectivity index (χ1v) is 5.84. The van der Waals surface area contributed by atoms with Crippen molar-refractivity contribution in [1.82, 2.24) is 0 Å². The second-order valence-electron chi connectivity index (χ2n) is 5.68. The molecule has 0 rings (SSSR count). The lowest BCUT2D eigenvalue weighted by Gasteiger charge is -2.32. The fourth-order valence-electron chi connectivity index (χ4n) is 1.99. The Labute approximate surface area is 90.2 Å². The van der Waals surface area contributed by atoms with Crippen molar-refractivity contribution in [3.63, 3.8) is 0 Å². The molecule has 0 aliphatic carbocycles. The molecule has 0 fully saturated rings. The van der Waals surface area contributed by atoms with E-state index in [1.165, 1.54) is 12.8 Å². The first-order valence-electron chi connectivity index (χ1n) is 5.84. The molecule has 86 valence electrons. The highest BCUT2D eigenvalue weighted by Gasteiger charge is 2.26. The molecule has 0 aromatic carbocycles. The van der Waals surface area contributed by atoms with Crippen LogP contribution in [0, 0.1) is 17.8 Å². The van der Waals surface area contributed by atoms with Crippen LogP contribution in [-0.2, 0) is 4.74 Å². The lowest BCUT2D eigenvalue weighted by molar-refractivity contribution is -0.0294. The normalized spacial score (nSPS) is 17.1. The van der Waals surface area contributed by atoms with Crippen LogP contribution in [0.5, 0.6) is 0 Å². The van der Waals surface area contributed by atoms with Crippen LogP contribution in [0.25, 0.3) is 0 Å². The SMILES string of the molecule is COC(C)(C)C(C)CC(C)CC(C)C. The molecule has 0 aliphatic rings. The molecule has 0 spiro atoms. The van der Waals surface area contributed by atoms with Crippen LogP contribution in [0.4, 0.5) is 0 Å². The van der Waals surface area contributed by atoms with Crippen molar-refractivity contribution in [3.05, 3.63) is 0 Å². The highest BCUT2D eigenvalue weighted by Crippen LogP contribution is 2.28. The van der Waals surface area contributed by atoms with E-state index in [-0.39, 0.29) is 5.60 Å². The molecule has 0 radical (unpaired) electrons. The van der Waals surface area contributed by atoms with E-state index in [0.717, 1.165) is 11.8 Å². The molecule has 0 amide bonds. The molecule has 1 nitrogen and oxygen atoms in total. The Hall–Kier alpha value is -0.0400. The third-order valence-corrected chi connectivity index (χ3v) is 3.34. The molecule has 0 saturated carbocycles. The predicted octanol–water partition coefficient (Wildman–Crippen LogP) is 4.12. The number of hydrogen-bond donors (Lipinski definition) is 0. The Kier molecular flexibility index (Phi) is 5.73. The summed E-state index contributed by atoms with van der Waals surface area (Å²) in [4.78, 5) is 0. The van der Waals surface area contributed by atoms with E-state index in [2.05, 4.69) is 41.5 Å². The van der Waals surface area contributed by atoms with Crippen LogP contribution in [-0.4, -0.2) is 12.7 Å². The summed E-state index contributed by atoms with van der Waals surface area (Å²) in [5, 5.41) is 0. The lowest BCUT2D eigenvalue weighted by Crippen LogP contribution is -2.32. The van der Waals surface area contributed by atoms with E-state index >= 15 is 0 Å². The minimum atomic E-state index is 0.0191. The van der Waals surface area contributed by atoms with Gasteiger partial charge in [0.2, 0.25) is 0 Å². The number of ether oxygens (including phenoxy) is 1. The van der Waals surface area contributed by atoms with Crippen LogP contribution in [0.3, 0.4) is 0 Å². The monoisotopic (exact) mass is 200 g/mol. The molecule has 2 unspecified atom stereocenters. The first-order chi connectivity index (χ1) is 6.29. The molecule has 2 atom stereocenters. The van der Waals surface area contributed by atoms with Gasteiger partial charge < -0.3 is 4.74 Å². The second-order valence-corrected chi connectivity index (χ2v) is 5.68. The highest BCUT2D eigenvalue weighted by atomic mass is 16.5. The number of hydrogen-bond acceptors (Lipinski definition) is 1.